The van der Waals surface area contributed by atoms with Gasteiger partial charge in [0, 0.05) is 26.1 Å². The van der Waals surface area contributed by atoms with Crippen LogP contribution in [0.2, 0.25) is 0 Å². The highest BCUT2D eigenvalue weighted by molar-refractivity contribution is 5.70. The molecule has 0 radical (unpaired) electrons. The summed E-state index contributed by atoms with van der Waals surface area (Å²) in [5, 5.41) is 9.30. The van der Waals surface area contributed by atoms with Gasteiger partial charge in [-0.15, -0.1) is 0 Å². The second kappa shape index (κ2) is 13.3. The minimum atomic E-state index is -0.489. The summed E-state index contributed by atoms with van der Waals surface area (Å²) in [5.74, 6) is 0.173. The van der Waals surface area contributed by atoms with Crippen molar-refractivity contribution in [2.24, 2.45) is 5.92 Å². The molecule has 1 fully saturated rings. The smallest absolute Gasteiger partial charge is 0.410 e. The molecule has 2 aromatic carbocycles. The number of carbonyl (C=O) groups is 2. The van der Waals surface area contributed by atoms with Crippen LogP contribution < -0.4 is 0 Å². The number of nitrogens with zero attached hydrogens (tertiary/aromatic N) is 2. The Morgan fingerprint density at radius 2 is 1.78 bits per heavy atom. The van der Waals surface area contributed by atoms with Gasteiger partial charge in [0.2, 0.25) is 0 Å². The molecule has 0 saturated carbocycles. The molecule has 1 aliphatic heterocycles. The number of carbonyl (C=O) groups excluding carboxylic acids is 2. The summed E-state index contributed by atoms with van der Waals surface area (Å²) >= 11 is 0. The van der Waals surface area contributed by atoms with Gasteiger partial charge in [-0.3, -0.25) is 4.79 Å². The van der Waals surface area contributed by atoms with E-state index in [0.29, 0.717) is 57.2 Å². The largest absolute Gasteiger partial charge is 0.466 e. The Bertz CT molecular complexity index is 1110. The highest BCUT2D eigenvalue weighted by atomic mass is 16.6. The third-order valence-electron chi connectivity index (χ3n) is 6.19. The van der Waals surface area contributed by atoms with Crippen molar-refractivity contribution in [3.63, 3.8) is 0 Å². The van der Waals surface area contributed by atoms with Crippen molar-refractivity contribution in [3.05, 3.63) is 59.2 Å². The van der Waals surface area contributed by atoms with Gasteiger partial charge in [-0.05, 0) is 93.3 Å². The molecule has 1 saturated heterocycles. The van der Waals surface area contributed by atoms with E-state index in [2.05, 4.69) is 24.3 Å². The maximum Gasteiger partial charge on any atom is 0.410 e. The number of piperidine rings is 1. The SMILES string of the molecule is CCOC(=O)CCc1cc(COCC2CCN(C(=O)OC(C)(C)C)CC2)cc(-c2cccc(C#N)c2)c1. The molecule has 0 N–H and O–H groups in total. The second-order valence-electron chi connectivity index (χ2n) is 10.5. The molecule has 7 nitrogen and oxygen atoms in total. The van der Waals surface area contributed by atoms with Gasteiger partial charge in [0.25, 0.3) is 0 Å². The molecule has 1 aliphatic rings. The quantitative estimate of drug-likeness (QED) is 0.394. The lowest BCUT2D eigenvalue weighted by Crippen LogP contribution is -2.42. The molecule has 3 rings (SSSR count). The van der Waals surface area contributed by atoms with E-state index in [1.807, 2.05) is 39.0 Å². The number of likely N-dealkylation sites (tertiary alicyclic amines) is 1. The van der Waals surface area contributed by atoms with Crippen LogP contribution in [-0.2, 0) is 32.0 Å². The van der Waals surface area contributed by atoms with Crippen molar-refractivity contribution in [2.75, 3.05) is 26.3 Å². The van der Waals surface area contributed by atoms with Gasteiger partial charge in [0.15, 0.2) is 0 Å². The van der Waals surface area contributed by atoms with Crippen LogP contribution in [0, 0.1) is 17.2 Å². The Kier molecular flexibility index (Phi) is 10.1. The summed E-state index contributed by atoms with van der Waals surface area (Å²) in [6.45, 7) is 10.2. The van der Waals surface area contributed by atoms with Crippen LogP contribution in [0.25, 0.3) is 11.1 Å². The average molecular weight is 507 g/mol. The Hall–Kier alpha value is -3.37. The number of nitriles is 1. The summed E-state index contributed by atoms with van der Waals surface area (Å²) < 4.78 is 16.7. The molecule has 1 heterocycles. The van der Waals surface area contributed by atoms with Crippen LogP contribution >= 0.6 is 0 Å². The maximum absolute atomic E-state index is 12.3. The molecular weight excluding hydrogens is 468 g/mol. The molecule has 0 aromatic heterocycles. The molecule has 37 heavy (non-hydrogen) atoms. The van der Waals surface area contributed by atoms with Gasteiger partial charge in [-0.1, -0.05) is 24.3 Å². The number of aryl methyl sites for hydroxylation is 1. The van der Waals surface area contributed by atoms with E-state index < -0.39 is 5.60 Å². The van der Waals surface area contributed by atoms with E-state index in [9.17, 15) is 14.9 Å². The zero-order valence-electron chi connectivity index (χ0n) is 22.4. The van der Waals surface area contributed by atoms with Crippen molar-refractivity contribution in [3.8, 4) is 17.2 Å². The van der Waals surface area contributed by atoms with Crippen molar-refractivity contribution < 1.29 is 23.8 Å². The normalized spacial score (nSPS) is 14.2. The Labute approximate surface area is 220 Å². The fourth-order valence-corrected chi connectivity index (χ4v) is 4.36. The molecule has 0 aliphatic carbocycles. The summed E-state index contributed by atoms with van der Waals surface area (Å²) in [6.07, 6.45) is 2.39. The van der Waals surface area contributed by atoms with Gasteiger partial charge in [-0.2, -0.15) is 5.26 Å². The lowest BCUT2D eigenvalue weighted by Gasteiger charge is -2.33. The van der Waals surface area contributed by atoms with E-state index >= 15 is 0 Å². The molecular formula is C30H38N2O5. The summed E-state index contributed by atoms with van der Waals surface area (Å²) in [4.78, 5) is 26.0. The van der Waals surface area contributed by atoms with Crippen molar-refractivity contribution in [1.82, 2.24) is 4.90 Å². The zero-order valence-corrected chi connectivity index (χ0v) is 22.4. The van der Waals surface area contributed by atoms with Crippen molar-refractivity contribution >= 4 is 12.1 Å². The fourth-order valence-electron chi connectivity index (χ4n) is 4.36. The standard InChI is InChI=1S/C30H38N2O5/c1-5-36-28(33)10-9-23-15-25(18-27(16-23)26-8-6-7-24(17-26)19-31)21-35-20-22-11-13-32(14-12-22)29(34)37-30(2,3)4/h6-8,15-18,22H,5,9-14,20-21H2,1-4H3. The predicted molar refractivity (Wildman–Crippen MR) is 142 cm³/mol. The van der Waals surface area contributed by atoms with E-state index in [4.69, 9.17) is 14.2 Å². The molecule has 0 atom stereocenters. The van der Waals surface area contributed by atoms with E-state index in [1.165, 1.54) is 0 Å². The second-order valence-corrected chi connectivity index (χ2v) is 10.5. The third-order valence-corrected chi connectivity index (χ3v) is 6.19. The molecule has 0 unspecified atom stereocenters. The van der Waals surface area contributed by atoms with E-state index in [0.717, 1.165) is 35.1 Å². The number of rotatable bonds is 9. The molecule has 198 valence electrons. The van der Waals surface area contributed by atoms with Crippen LogP contribution in [0.4, 0.5) is 4.79 Å². The average Bonchev–Trinajstić information content (AvgIpc) is 2.87. The first-order chi connectivity index (χ1) is 17.7. The van der Waals surface area contributed by atoms with Crippen LogP contribution in [0.1, 0.15) is 63.6 Å². The van der Waals surface area contributed by atoms with Gasteiger partial charge in [0.05, 0.1) is 24.8 Å². The Balaban J connectivity index is 1.61. The number of hydrogen-bond acceptors (Lipinski definition) is 6. The summed E-state index contributed by atoms with van der Waals surface area (Å²) in [7, 11) is 0. The number of amides is 1. The van der Waals surface area contributed by atoms with E-state index in [-0.39, 0.29) is 12.1 Å². The minimum absolute atomic E-state index is 0.213. The molecule has 2 aromatic rings. The number of esters is 1. The van der Waals surface area contributed by atoms with Gasteiger partial charge >= 0.3 is 12.1 Å². The number of ether oxygens (including phenoxy) is 3. The first-order valence-corrected chi connectivity index (χ1v) is 13.0. The molecule has 0 bridgehead atoms. The Morgan fingerprint density at radius 1 is 1.05 bits per heavy atom. The van der Waals surface area contributed by atoms with Gasteiger partial charge < -0.3 is 19.1 Å². The lowest BCUT2D eigenvalue weighted by atomic mass is 9.96. The minimum Gasteiger partial charge on any atom is -0.466 e. The van der Waals surface area contributed by atoms with Crippen LogP contribution in [-0.4, -0.2) is 48.9 Å². The van der Waals surface area contributed by atoms with Crippen LogP contribution in [0.3, 0.4) is 0 Å². The molecule has 0 spiro atoms. The topological polar surface area (TPSA) is 88.9 Å². The first kappa shape index (κ1) is 28.2. The zero-order chi connectivity index (χ0) is 26.8. The van der Waals surface area contributed by atoms with Crippen LogP contribution in [0.5, 0.6) is 0 Å². The van der Waals surface area contributed by atoms with Crippen LogP contribution in [0.15, 0.2) is 42.5 Å². The van der Waals surface area contributed by atoms with E-state index in [1.54, 1.807) is 17.9 Å². The predicted octanol–water partition coefficient (Wildman–Crippen LogP) is 5.88. The first-order valence-electron chi connectivity index (χ1n) is 13.0. The lowest BCUT2D eigenvalue weighted by molar-refractivity contribution is -0.143. The maximum atomic E-state index is 12.3. The highest BCUT2D eigenvalue weighted by Gasteiger charge is 2.26. The number of benzene rings is 2. The summed E-state index contributed by atoms with van der Waals surface area (Å²) in [5.41, 5.74) is 4.10. The fraction of sp³-hybridized carbons (Fsp3) is 0.500. The monoisotopic (exact) mass is 506 g/mol. The molecule has 1 amide bonds. The van der Waals surface area contributed by atoms with Gasteiger partial charge in [-0.25, -0.2) is 4.79 Å². The Morgan fingerprint density at radius 3 is 2.46 bits per heavy atom. The third kappa shape index (κ3) is 9.22. The summed E-state index contributed by atoms with van der Waals surface area (Å²) in [6, 6.07) is 15.9. The van der Waals surface area contributed by atoms with Gasteiger partial charge in [0.1, 0.15) is 5.60 Å². The molecule has 7 heteroatoms. The number of hydrogen-bond donors (Lipinski definition) is 0. The van der Waals surface area contributed by atoms with Crippen molar-refractivity contribution in [2.45, 2.75) is 65.6 Å². The van der Waals surface area contributed by atoms with Crippen molar-refractivity contribution in [1.29, 1.82) is 5.26 Å². The highest BCUT2D eigenvalue weighted by Crippen LogP contribution is 2.26.